The van der Waals surface area contributed by atoms with Crippen LogP contribution >= 0.6 is 0 Å². The van der Waals surface area contributed by atoms with Crippen molar-refractivity contribution < 1.29 is 18.4 Å². The molecule has 13 heavy (non-hydrogen) atoms. The molecule has 0 bridgehead atoms. The van der Waals surface area contributed by atoms with Crippen molar-refractivity contribution in [2.24, 2.45) is 5.89 Å². The molecular weight excluding hydrogens is 170 g/mol. The highest BCUT2D eigenvalue weighted by atomic mass is 16.5. The van der Waals surface area contributed by atoms with E-state index in [1.807, 2.05) is 0 Å². The average molecular weight is 190 g/mol. The van der Waals surface area contributed by atoms with Gasteiger partial charge in [-0.2, -0.15) is 0 Å². The van der Waals surface area contributed by atoms with Crippen molar-refractivity contribution in [2.75, 3.05) is 7.11 Å². The molecule has 4 heteroatoms. The number of hydrogen-bond acceptors (Lipinski definition) is 3. The van der Waals surface area contributed by atoms with E-state index in [2.05, 4.69) is 10.1 Å². The molecule has 0 spiro atoms. The molecule has 0 aliphatic rings. The fourth-order valence-electron chi connectivity index (χ4n) is 0.734. The van der Waals surface area contributed by atoms with Gasteiger partial charge in [0.25, 0.3) is 0 Å². The largest absolute Gasteiger partial charge is 0.467 e. The zero-order valence-electron chi connectivity index (χ0n) is 11.3. The Bertz CT molecular complexity index is 290. The lowest BCUT2D eigenvalue weighted by Crippen LogP contribution is -2.41. The first kappa shape index (κ1) is 7.35. The molecule has 0 heterocycles. The Morgan fingerprint density at radius 2 is 2.15 bits per heavy atom. The summed E-state index contributed by atoms with van der Waals surface area (Å²) >= 11 is 0. The summed E-state index contributed by atoms with van der Waals surface area (Å²) in [4.78, 5) is 22.4. The molecule has 0 aromatic carbocycles. The van der Waals surface area contributed by atoms with Crippen LogP contribution in [0.25, 0.3) is 0 Å². The first-order valence-corrected chi connectivity index (χ1v) is 3.85. The first-order valence-electron chi connectivity index (χ1n) is 5.43. The molecule has 76 valence electrons. The van der Waals surface area contributed by atoms with Crippen LogP contribution in [0.15, 0.2) is 0 Å². The minimum Gasteiger partial charge on any atom is -0.467 e. The van der Waals surface area contributed by atoms with Gasteiger partial charge in [0.1, 0.15) is 6.02 Å². The van der Waals surface area contributed by atoms with Crippen LogP contribution in [-0.2, 0) is 14.3 Å². The molecular formula is C9H17NO3. The summed E-state index contributed by atoms with van der Waals surface area (Å²) in [6.45, 7) is 3.91. The van der Waals surface area contributed by atoms with E-state index in [4.69, 9.17) is 4.11 Å². The van der Waals surface area contributed by atoms with E-state index in [-0.39, 0.29) is 0 Å². The number of nitrogens with one attached hydrogen (secondary N) is 1. The van der Waals surface area contributed by atoms with Crippen LogP contribution in [0.2, 0.25) is 0 Å². The van der Waals surface area contributed by atoms with Crippen LogP contribution in [0.5, 0.6) is 0 Å². The maximum atomic E-state index is 11.4. The van der Waals surface area contributed by atoms with E-state index in [9.17, 15) is 9.59 Å². The van der Waals surface area contributed by atoms with Crippen molar-refractivity contribution in [2.45, 2.75) is 33.2 Å². The zero-order chi connectivity index (χ0) is 13.1. The van der Waals surface area contributed by atoms with Crippen LogP contribution < -0.4 is 5.32 Å². The van der Waals surface area contributed by atoms with Crippen molar-refractivity contribution in [3.63, 3.8) is 0 Å². The highest BCUT2D eigenvalue weighted by molar-refractivity contribution is 5.83. The number of carbonyl (C=O) groups excluding carboxylic acids is 2. The molecule has 0 aliphatic carbocycles. The van der Waals surface area contributed by atoms with E-state index in [1.165, 1.54) is 13.8 Å². The number of rotatable bonds is 4. The Morgan fingerprint density at radius 3 is 2.46 bits per heavy atom. The van der Waals surface area contributed by atoms with Crippen molar-refractivity contribution in [3.8, 4) is 0 Å². The highest BCUT2D eigenvalue weighted by Gasteiger charge is 2.20. The second-order valence-corrected chi connectivity index (χ2v) is 2.81. The Hall–Kier alpha value is -1.06. The Morgan fingerprint density at radius 1 is 1.62 bits per heavy atom. The minimum absolute atomic E-state index is 0.623. The van der Waals surface area contributed by atoms with E-state index in [0.717, 1.165) is 14.0 Å². The lowest BCUT2D eigenvalue weighted by atomic mass is 10.0. The SMILES string of the molecule is [2H][C@@H](C([2H])(C)C)[C@]([2H])(NC(C)=O)C(=O)OC. The van der Waals surface area contributed by atoms with Crippen molar-refractivity contribution >= 4 is 11.9 Å². The molecule has 0 aromatic rings. The topological polar surface area (TPSA) is 55.4 Å². The third kappa shape index (κ3) is 5.22. The van der Waals surface area contributed by atoms with Crippen LogP contribution in [0.1, 0.15) is 31.3 Å². The van der Waals surface area contributed by atoms with Crippen molar-refractivity contribution in [1.82, 2.24) is 5.32 Å². The summed E-state index contributed by atoms with van der Waals surface area (Å²) in [6, 6.07) is -2.26. The molecule has 0 radical (unpaired) electrons. The van der Waals surface area contributed by atoms with E-state index in [1.54, 1.807) is 0 Å². The van der Waals surface area contributed by atoms with Gasteiger partial charge in [0.15, 0.2) is 0 Å². The maximum absolute atomic E-state index is 11.4. The molecule has 0 aromatic heterocycles. The Balaban J connectivity index is 5.23. The number of ether oxygens (including phenoxy) is 1. The average Bonchev–Trinajstić information content (AvgIpc) is 2.12. The molecule has 4 nitrogen and oxygen atoms in total. The number of esters is 1. The van der Waals surface area contributed by atoms with Crippen molar-refractivity contribution in [1.29, 1.82) is 0 Å². The van der Waals surface area contributed by atoms with Crippen LogP contribution in [0.4, 0.5) is 0 Å². The van der Waals surface area contributed by atoms with Gasteiger partial charge in [0.05, 0.1) is 8.48 Å². The normalized spacial score (nSPS) is 21.4. The van der Waals surface area contributed by atoms with Crippen LogP contribution in [0, 0.1) is 5.89 Å². The Labute approximate surface area is 82.9 Å². The summed E-state index contributed by atoms with van der Waals surface area (Å²) in [5.74, 6) is -3.05. The number of hydrogen-bond donors (Lipinski definition) is 1. The van der Waals surface area contributed by atoms with Gasteiger partial charge < -0.3 is 10.1 Å². The second kappa shape index (κ2) is 5.56. The predicted molar refractivity (Wildman–Crippen MR) is 49.1 cm³/mol. The first-order chi connectivity index (χ1) is 7.05. The maximum Gasteiger partial charge on any atom is 0.328 e. The quantitative estimate of drug-likeness (QED) is 0.664. The standard InChI is InChI=1S/C9H17NO3/c1-6(2)5-8(9(12)13-4)10-7(3)11/h6,8H,5H2,1-4H3,(H,10,11)/t8-/m0/s1/i5D,6D,8D/t5-,8-. The van der Waals surface area contributed by atoms with Gasteiger partial charge in [-0.1, -0.05) is 13.8 Å². The molecule has 0 unspecified atom stereocenters. The fraction of sp³-hybridized carbons (Fsp3) is 0.778. The molecule has 0 saturated heterocycles. The molecule has 0 rings (SSSR count). The third-order valence-corrected chi connectivity index (χ3v) is 1.15. The summed E-state index contributed by atoms with van der Waals surface area (Å²) in [6.07, 6.45) is -1.46. The molecule has 1 N–H and O–H groups in total. The molecule has 2 atom stereocenters. The lowest BCUT2D eigenvalue weighted by Gasteiger charge is -2.16. The fourth-order valence-corrected chi connectivity index (χ4v) is 0.734. The minimum atomic E-state index is -2.26. The van der Waals surface area contributed by atoms with Crippen molar-refractivity contribution in [3.05, 3.63) is 0 Å². The van der Waals surface area contributed by atoms with Gasteiger partial charge in [0.2, 0.25) is 5.91 Å². The van der Waals surface area contributed by atoms with Crippen LogP contribution in [-0.4, -0.2) is 25.0 Å². The highest BCUT2D eigenvalue weighted by Crippen LogP contribution is 2.05. The molecule has 1 amide bonds. The third-order valence-electron chi connectivity index (χ3n) is 1.15. The van der Waals surface area contributed by atoms with Gasteiger partial charge >= 0.3 is 5.97 Å². The Kier molecular flexibility index (Phi) is 3.15. The summed E-state index contributed by atoms with van der Waals surface area (Å²) in [5, 5.41) is 2.06. The molecule has 0 fully saturated rings. The number of amides is 1. The van der Waals surface area contributed by atoms with Gasteiger partial charge in [-0.15, -0.1) is 0 Å². The van der Waals surface area contributed by atoms with Gasteiger partial charge in [-0.3, -0.25) is 4.79 Å². The summed E-state index contributed by atoms with van der Waals surface area (Å²) in [7, 11) is 1.07. The smallest absolute Gasteiger partial charge is 0.328 e. The van der Waals surface area contributed by atoms with Gasteiger partial charge in [-0.05, 0) is 12.3 Å². The molecule has 0 aliphatic heterocycles. The molecule has 0 saturated carbocycles. The van der Waals surface area contributed by atoms with Gasteiger partial charge in [-0.25, -0.2) is 4.79 Å². The lowest BCUT2D eigenvalue weighted by molar-refractivity contribution is -0.145. The van der Waals surface area contributed by atoms with E-state index >= 15 is 0 Å². The summed E-state index contributed by atoms with van der Waals surface area (Å²) < 4.78 is 27.5. The monoisotopic (exact) mass is 190 g/mol. The van der Waals surface area contributed by atoms with E-state index < -0.39 is 30.2 Å². The number of methoxy groups -OCH3 is 1. The van der Waals surface area contributed by atoms with E-state index in [0.29, 0.717) is 0 Å². The second-order valence-electron chi connectivity index (χ2n) is 2.81. The number of carbonyl (C=O) groups is 2. The summed E-state index contributed by atoms with van der Waals surface area (Å²) in [5.41, 5.74) is 0. The predicted octanol–water partition coefficient (Wildman–Crippen LogP) is 0.710. The zero-order valence-corrected chi connectivity index (χ0v) is 8.30. The van der Waals surface area contributed by atoms with Crippen LogP contribution in [0.3, 0.4) is 0 Å². The van der Waals surface area contributed by atoms with Gasteiger partial charge in [0, 0.05) is 9.67 Å².